The lowest BCUT2D eigenvalue weighted by Gasteiger charge is -2.18. The molecule has 0 amide bonds. The van der Waals surface area contributed by atoms with E-state index in [0.717, 1.165) is 36.8 Å². The third kappa shape index (κ3) is 6.04. The predicted octanol–water partition coefficient (Wildman–Crippen LogP) is 4.50. The smallest absolute Gasteiger partial charge is 0.337 e. The topological polar surface area (TPSA) is 71.1 Å². The molecular formula is C26H28O6. The van der Waals surface area contributed by atoms with Crippen LogP contribution >= 0.6 is 0 Å². The summed E-state index contributed by atoms with van der Waals surface area (Å²) in [4.78, 5) is 23.7. The predicted molar refractivity (Wildman–Crippen MR) is 120 cm³/mol. The fourth-order valence-corrected chi connectivity index (χ4v) is 3.67. The molecule has 6 nitrogen and oxygen atoms in total. The monoisotopic (exact) mass is 436 g/mol. The van der Waals surface area contributed by atoms with E-state index < -0.39 is 5.97 Å². The molecule has 2 aromatic rings. The van der Waals surface area contributed by atoms with Gasteiger partial charge in [-0.15, -0.1) is 0 Å². The van der Waals surface area contributed by atoms with E-state index in [4.69, 9.17) is 18.9 Å². The van der Waals surface area contributed by atoms with Gasteiger partial charge in [0.2, 0.25) is 0 Å². The van der Waals surface area contributed by atoms with Crippen molar-refractivity contribution in [1.29, 1.82) is 0 Å². The van der Waals surface area contributed by atoms with Crippen LogP contribution in [0.1, 0.15) is 59.5 Å². The van der Waals surface area contributed by atoms with E-state index in [-0.39, 0.29) is 24.4 Å². The summed E-state index contributed by atoms with van der Waals surface area (Å²) in [5, 5.41) is 0. The summed E-state index contributed by atoms with van der Waals surface area (Å²) in [6.45, 7) is 0. The Morgan fingerprint density at radius 1 is 0.969 bits per heavy atom. The highest BCUT2D eigenvalue weighted by Gasteiger charge is 2.21. The number of benzene rings is 2. The number of esters is 2. The molecule has 0 spiro atoms. The largest absolute Gasteiger partial charge is 0.493 e. The van der Waals surface area contributed by atoms with Gasteiger partial charge in [-0.05, 0) is 67.6 Å². The maximum atomic E-state index is 12.0. The van der Waals surface area contributed by atoms with Crippen LogP contribution in [0.5, 0.6) is 11.5 Å². The molecule has 1 saturated carbocycles. The van der Waals surface area contributed by atoms with E-state index in [0.29, 0.717) is 17.1 Å². The first-order valence-electron chi connectivity index (χ1n) is 10.7. The molecule has 6 heteroatoms. The van der Waals surface area contributed by atoms with Crippen molar-refractivity contribution >= 4 is 11.9 Å². The average molecular weight is 437 g/mol. The van der Waals surface area contributed by atoms with Gasteiger partial charge in [0, 0.05) is 5.56 Å². The Hall–Kier alpha value is -3.46. The van der Waals surface area contributed by atoms with Crippen LogP contribution in [0.2, 0.25) is 0 Å². The Kier molecular flexibility index (Phi) is 8.15. The van der Waals surface area contributed by atoms with E-state index in [9.17, 15) is 9.59 Å². The van der Waals surface area contributed by atoms with Crippen LogP contribution < -0.4 is 9.47 Å². The molecule has 1 fully saturated rings. The van der Waals surface area contributed by atoms with Gasteiger partial charge in [-0.3, -0.25) is 4.79 Å². The highest BCUT2D eigenvalue weighted by atomic mass is 16.5. The molecular weight excluding hydrogens is 408 g/mol. The Labute approximate surface area is 188 Å². The van der Waals surface area contributed by atoms with Gasteiger partial charge >= 0.3 is 11.9 Å². The number of methoxy groups -OCH3 is 3. The normalized spacial score (nSPS) is 14.1. The fourth-order valence-electron chi connectivity index (χ4n) is 3.67. The van der Waals surface area contributed by atoms with Gasteiger partial charge in [0.05, 0.1) is 45.3 Å². The molecule has 32 heavy (non-hydrogen) atoms. The molecule has 3 rings (SSSR count). The number of hydrogen-bond donors (Lipinski definition) is 0. The van der Waals surface area contributed by atoms with Crippen LogP contribution in [0, 0.1) is 11.8 Å². The Bertz CT molecular complexity index is 993. The zero-order valence-corrected chi connectivity index (χ0v) is 18.7. The van der Waals surface area contributed by atoms with Crippen molar-refractivity contribution in [1.82, 2.24) is 0 Å². The van der Waals surface area contributed by atoms with Gasteiger partial charge in [-0.25, -0.2) is 4.79 Å². The second kappa shape index (κ2) is 11.2. The van der Waals surface area contributed by atoms with Crippen LogP contribution in [0.15, 0.2) is 42.5 Å². The van der Waals surface area contributed by atoms with Crippen molar-refractivity contribution in [2.24, 2.45) is 0 Å². The maximum absolute atomic E-state index is 12.0. The second-order valence-corrected chi connectivity index (χ2v) is 7.61. The van der Waals surface area contributed by atoms with E-state index >= 15 is 0 Å². The first kappa shape index (κ1) is 23.2. The lowest BCUT2D eigenvalue weighted by Crippen LogP contribution is -2.12. The van der Waals surface area contributed by atoms with Crippen molar-refractivity contribution in [3.63, 3.8) is 0 Å². The molecule has 2 aromatic carbocycles. The van der Waals surface area contributed by atoms with Gasteiger partial charge in [-0.1, -0.05) is 17.9 Å². The van der Waals surface area contributed by atoms with Crippen LogP contribution in [0.25, 0.3) is 0 Å². The van der Waals surface area contributed by atoms with Crippen molar-refractivity contribution in [2.45, 2.75) is 44.1 Å². The number of hydrogen-bond acceptors (Lipinski definition) is 6. The first-order valence-corrected chi connectivity index (χ1v) is 10.7. The molecule has 1 aliphatic carbocycles. The minimum Gasteiger partial charge on any atom is -0.493 e. The molecule has 168 valence electrons. The fraction of sp³-hybridized carbons (Fsp3) is 0.385. The average Bonchev–Trinajstić information content (AvgIpc) is 3.34. The molecule has 0 aromatic heterocycles. The highest BCUT2D eigenvalue weighted by molar-refractivity contribution is 5.89. The Morgan fingerprint density at radius 2 is 1.69 bits per heavy atom. The number of ether oxygens (including phenoxy) is 4. The minimum absolute atomic E-state index is 0.110. The molecule has 0 heterocycles. The first-order chi connectivity index (χ1) is 15.5. The zero-order valence-electron chi connectivity index (χ0n) is 18.7. The Morgan fingerprint density at radius 3 is 2.31 bits per heavy atom. The highest BCUT2D eigenvalue weighted by Crippen LogP contribution is 2.35. The zero-order chi connectivity index (χ0) is 22.9. The van der Waals surface area contributed by atoms with Gasteiger partial charge in [0.15, 0.2) is 11.5 Å². The summed E-state index contributed by atoms with van der Waals surface area (Å²) in [6.07, 6.45) is 4.67. The molecule has 0 N–H and O–H groups in total. The van der Waals surface area contributed by atoms with Crippen molar-refractivity contribution in [3.05, 3.63) is 59.2 Å². The van der Waals surface area contributed by atoms with Crippen LogP contribution in [0.3, 0.4) is 0 Å². The molecule has 1 unspecified atom stereocenters. The van der Waals surface area contributed by atoms with Gasteiger partial charge in [0.1, 0.15) is 0 Å². The third-order valence-corrected chi connectivity index (χ3v) is 5.48. The van der Waals surface area contributed by atoms with Crippen molar-refractivity contribution in [2.75, 3.05) is 21.3 Å². The lowest BCUT2D eigenvalue weighted by molar-refractivity contribution is -0.140. The number of carbonyl (C=O) groups is 2. The standard InChI is InChI=1S/C26H28O6/c1-29-23-15-14-20(16-24(23)32-22-6-4-5-7-22)21(17-25(27)30-2)13-10-18-8-11-19(12-9-18)26(28)31-3/h8-9,11-12,14-16,21-22H,4-7,17H2,1-3H3. The number of rotatable bonds is 7. The van der Waals surface area contributed by atoms with Crippen molar-refractivity contribution in [3.8, 4) is 23.3 Å². The summed E-state index contributed by atoms with van der Waals surface area (Å²) < 4.78 is 21.3. The van der Waals surface area contributed by atoms with E-state index in [1.54, 1.807) is 31.4 Å². The summed E-state index contributed by atoms with van der Waals surface area (Å²) >= 11 is 0. The van der Waals surface area contributed by atoms with Crippen LogP contribution in [-0.4, -0.2) is 39.4 Å². The minimum atomic E-state index is -0.402. The molecule has 0 radical (unpaired) electrons. The van der Waals surface area contributed by atoms with Crippen LogP contribution in [0.4, 0.5) is 0 Å². The number of carbonyl (C=O) groups excluding carboxylic acids is 2. The third-order valence-electron chi connectivity index (χ3n) is 5.48. The molecule has 1 aliphatic rings. The van der Waals surface area contributed by atoms with Gasteiger partial charge in [-0.2, -0.15) is 0 Å². The van der Waals surface area contributed by atoms with E-state index in [1.165, 1.54) is 14.2 Å². The summed E-state index contributed by atoms with van der Waals surface area (Å²) in [7, 11) is 4.31. The van der Waals surface area contributed by atoms with Gasteiger partial charge < -0.3 is 18.9 Å². The Balaban J connectivity index is 1.88. The second-order valence-electron chi connectivity index (χ2n) is 7.61. The SMILES string of the molecule is COC(=O)CC(C#Cc1ccc(C(=O)OC)cc1)c1ccc(OC)c(OC2CCCC2)c1. The summed E-state index contributed by atoms with van der Waals surface area (Å²) in [5.74, 6) is 6.45. The molecule has 0 bridgehead atoms. The van der Waals surface area contributed by atoms with E-state index in [1.807, 2.05) is 18.2 Å². The molecule has 1 atom stereocenters. The maximum Gasteiger partial charge on any atom is 0.337 e. The summed E-state index contributed by atoms with van der Waals surface area (Å²) in [6, 6.07) is 12.5. The van der Waals surface area contributed by atoms with Crippen LogP contribution in [-0.2, 0) is 14.3 Å². The quantitative estimate of drug-likeness (QED) is 0.470. The summed E-state index contributed by atoms with van der Waals surface area (Å²) in [5.41, 5.74) is 2.03. The molecule has 0 aliphatic heterocycles. The lowest BCUT2D eigenvalue weighted by atomic mass is 9.95. The van der Waals surface area contributed by atoms with Crippen molar-refractivity contribution < 1.29 is 28.5 Å². The molecule has 0 saturated heterocycles. The van der Waals surface area contributed by atoms with E-state index in [2.05, 4.69) is 11.8 Å². The van der Waals surface area contributed by atoms with Gasteiger partial charge in [0.25, 0.3) is 0 Å².